The molecule has 4 nitrogen and oxygen atoms in total. The summed E-state index contributed by atoms with van der Waals surface area (Å²) in [4.78, 5) is 2.46. The maximum Gasteiger partial charge on any atom is 0.104 e. The Labute approximate surface area is 118 Å². The number of nitrogens with zero attached hydrogens (tertiary/aromatic N) is 2. The van der Waals surface area contributed by atoms with Gasteiger partial charge < -0.3 is 9.64 Å². The van der Waals surface area contributed by atoms with E-state index in [4.69, 9.17) is 4.74 Å². The van der Waals surface area contributed by atoms with Crippen molar-refractivity contribution in [3.8, 4) is 6.07 Å². The van der Waals surface area contributed by atoms with Crippen LogP contribution in [0.5, 0.6) is 0 Å². The minimum Gasteiger partial charge on any atom is -0.377 e. The van der Waals surface area contributed by atoms with E-state index in [0.717, 1.165) is 45.5 Å². The van der Waals surface area contributed by atoms with E-state index in [1.165, 1.54) is 0 Å². The monoisotopic (exact) mass is 267 g/mol. The van der Waals surface area contributed by atoms with E-state index >= 15 is 0 Å². The average Bonchev–Trinajstić information content (AvgIpc) is 2.53. The van der Waals surface area contributed by atoms with Crippen LogP contribution in [0.15, 0.2) is 0 Å². The highest BCUT2D eigenvalue weighted by Gasteiger charge is 2.24. The van der Waals surface area contributed by atoms with Crippen LogP contribution in [0.2, 0.25) is 0 Å². The van der Waals surface area contributed by atoms with E-state index in [2.05, 4.69) is 37.1 Å². The number of hydrogen-bond donors (Lipinski definition) is 1. The molecule has 0 aromatic heterocycles. The lowest BCUT2D eigenvalue weighted by Crippen LogP contribution is -2.45. The fourth-order valence-corrected chi connectivity index (χ4v) is 2.74. The van der Waals surface area contributed by atoms with Crippen molar-refractivity contribution in [1.82, 2.24) is 10.2 Å². The van der Waals surface area contributed by atoms with E-state index in [1.54, 1.807) is 0 Å². The van der Waals surface area contributed by atoms with Crippen LogP contribution in [0.3, 0.4) is 0 Å². The summed E-state index contributed by atoms with van der Waals surface area (Å²) in [5, 5.41) is 12.7. The van der Waals surface area contributed by atoms with Crippen LogP contribution in [0.25, 0.3) is 0 Å². The maximum atomic E-state index is 9.31. The number of nitrogens with one attached hydrogen (secondary N) is 1. The molecule has 1 fully saturated rings. The maximum absolute atomic E-state index is 9.31. The number of ether oxygens (including phenoxy) is 1. The zero-order valence-corrected chi connectivity index (χ0v) is 12.9. The summed E-state index contributed by atoms with van der Waals surface area (Å²) in [6.07, 6.45) is 3.40. The van der Waals surface area contributed by atoms with Crippen molar-refractivity contribution >= 4 is 0 Å². The van der Waals surface area contributed by atoms with Crippen molar-refractivity contribution in [2.24, 2.45) is 0 Å². The van der Waals surface area contributed by atoms with Crippen LogP contribution in [-0.4, -0.2) is 48.8 Å². The fraction of sp³-hybridized carbons (Fsp3) is 0.933. The Morgan fingerprint density at radius 1 is 1.53 bits per heavy atom. The van der Waals surface area contributed by atoms with Crippen molar-refractivity contribution < 1.29 is 4.74 Å². The minimum absolute atomic E-state index is 0.332. The predicted molar refractivity (Wildman–Crippen MR) is 78.0 cm³/mol. The Morgan fingerprint density at radius 2 is 2.26 bits per heavy atom. The van der Waals surface area contributed by atoms with Gasteiger partial charge in [0, 0.05) is 25.7 Å². The highest BCUT2D eigenvalue weighted by atomic mass is 16.5. The fourth-order valence-electron chi connectivity index (χ4n) is 2.74. The van der Waals surface area contributed by atoms with Crippen molar-refractivity contribution in [3.63, 3.8) is 0 Å². The SMILES string of the molecule is CC(C)NC(C)(C#N)CCCN1CCCOC(C)C1. The molecule has 0 bridgehead atoms. The quantitative estimate of drug-likeness (QED) is 0.801. The molecule has 0 spiro atoms. The molecule has 0 radical (unpaired) electrons. The van der Waals surface area contributed by atoms with Gasteiger partial charge in [-0.15, -0.1) is 0 Å². The van der Waals surface area contributed by atoms with Gasteiger partial charge in [0.25, 0.3) is 0 Å². The summed E-state index contributed by atoms with van der Waals surface area (Å²) < 4.78 is 5.65. The van der Waals surface area contributed by atoms with E-state index in [9.17, 15) is 5.26 Å². The van der Waals surface area contributed by atoms with Crippen LogP contribution in [-0.2, 0) is 4.74 Å². The van der Waals surface area contributed by atoms with Crippen LogP contribution >= 0.6 is 0 Å². The first kappa shape index (κ1) is 16.4. The van der Waals surface area contributed by atoms with E-state index in [1.807, 2.05) is 6.92 Å². The van der Waals surface area contributed by atoms with Crippen molar-refractivity contribution in [2.75, 3.05) is 26.2 Å². The Hall–Kier alpha value is -0.630. The summed E-state index contributed by atoms with van der Waals surface area (Å²) in [6.45, 7) is 12.4. The topological polar surface area (TPSA) is 48.3 Å². The molecule has 2 atom stereocenters. The summed E-state index contributed by atoms with van der Waals surface area (Å²) in [7, 11) is 0. The molecule has 1 aliphatic rings. The Morgan fingerprint density at radius 3 is 2.89 bits per heavy atom. The molecule has 1 aliphatic heterocycles. The Bertz CT molecular complexity index is 300. The van der Waals surface area contributed by atoms with Crippen LogP contribution in [0.4, 0.5) is 0 Å². The molecule has 1 N–H and O–H groups in total. The second-order valence-corrected chi connectivity index (χ2v) is 6.18. The highest BCUT2D eigenvalue weighted by molar-refractivity contribution is 5.04. The van der Waals surface area contributed by atoms with Gasteiger partial charge in [-0.05, 0) is 53.5 Å². The lowest BCUT2D eigenvalue weighted by Gasteiger charge is -2.28. The summed E-state index contributed by atoms with van der Waals surface area (Å²) in [5.41, 5.74) is -0.401. The predicted octanol–water partition coefficient (Wildman–Crippen LogP) is 2.16. The molecular formula is C15H29N3O. The normalized spacial score (nSPS) is 24.7. The third-order valence-corrected chi connectivity index (χ3v) is 3.54. The van der Waals surface area contributed by atoms with Gasteiger partial charge in [-0.3, -0.25) is 5.32 Å². The van der Waals surface area contributed by atoms with Crippen molar-refractivity contribution in [2.45, 2.75) is 64.6 Å². The lowest BCUT2D eigenvalue weighted by molar-refractivity contribution is 0.0673. The van der Waals surface area contributed by atoms with Gasteiger partial charge >= 0.3 is 0 Å². The molecule has 1 saturated heterocycles. The number of nitriles is 1. The summed E-state index contributed by atoms with van der Waals surface area (Å²) >= 11 is 0. The van der Waals surface area contributed by atoms with E-state index in [0.29, 0.717) is 12.1 Å². The van der Waals surface area contributed by atoms with E-state index < -0.39 is 5.54 Å². The first-order valence-electron chi connectivity index (χ1n) is 7.48. The van der Waals surface area contributed by atoms with Gasteiger partial charge in [0.15, 0.2) is 0 Å². The molecule has 0 aromatic carbocycles. The van der Waals surface area contributed by atoms with Crippen LogP contribution in [0, 0.1) is 11.3 Å². The zero-order chi connectivity index (χ0) is 14.3. The van der Waals surface area contributed by atoms with Gasteiger partial charge in [-0.1, -0.05) is 0 Å². The molecule has 110 valence electrons. The summed E-state index contributed by atoms with van der Waals surface area (Å²) in [5.74, 6) is 0. The second-order valence-electron chi connectivity index (χ2n) is 6.18. The third-order valence-electron chi connectivity index (χ3n) is 3.54. The molecule has 4 heteroatoms. The molecule has 0 saturated carbocycles. The lowest BCUT2D eigenvalue weighted by atomic mass is 9.96. The summed E-state index contributed by atoms with van der Waals surface area (Å²) in [6, 6.07) is 2.76. The van der Waals surface area contributed by atoms with Crippen molar-refractivity contribution in [3.05, 3.63) is 0 Å². The smallest absolute Gasteiger partial charge is 0.104 e. The Balaban J connectivity index is 2.33. The molecule has 2 unspecified atom stereocenters. The standard InChI is InChI=1S/C15H29N3O/c1-13(2)17-15(4,12-16)7-5-8-18-9-6-10-19-14(3)11-18/h13-14,17H,5-11H2,1-4H3. The minimum atomic E-state index is -0.401. The third kappa shape index (κ3) is 6.38. The van der Waals surface area contributed by atoms with E-state index in [-0.39, 0.29) is 0 Å². The molecule has 19 heavy (non-hydrogen) atoms. The molecule has 1 heterocycles. The molecule has 1 rings (SSSR count). The molecule has 0 aromatic rings. The molecular weight excluding hydrogens is 238 g/mol. The second kappa shape index (κ2) is 7.84. The molecule has 0 aliphatic carbocycles. The van der Waals surface area contributed by atoms with Crippen molar-refractivity contribution in [1.29, 1.82) is 5.26 Å². The largest absolute Gasteiger partial charge is 0.377 e. The first-order chi connectivity index (χ1) is 8.95. The number of hydrogen-bond acceptors (Lipinski definition) is 4. The highest BCUT2D eigenvalue weighted by Crippen LogP contribution is 2.14. The van der Waals surface area contributed by atoms with Gasteiger partial charge in [-0.2, -0.15) is 5.26 Å². The van der Waals surface area contributed by atoms with Gasteiger partial charge in [0.1, 0.15) is 5.54 Å². The van der Waals surface area contributed by atoms with Gasteiger partial charge in [0.05, 0.1) is 12.2 Å². The number of rotatable bonds is 6. The zero-order valence-electron chi connectivity index (χ0n) is 12.9. The van der Waals surface area contributed by atoms with Gasteiger partial charge in [0.2, 0.25) is 0 Å². The van der Waals surface area contributed by atoms with Crippen LogP contribution in [0.1, 0.15) is 47.0 Å². The average molecular weight is 267 g/mol. The Kier molecular flexibility index (Phi) is 6.78. The van der Waals surface area contributed by atoms with Gasteiger partial charge in [-0.25, -0.2) is 0 Å². The molecule has 0 amide bonds. The first-order valence-corrected chi connectivity index (χ1v) is 7.48. The van der Waals surface area contributed by atoms with Crippen LogP contribution < -0.4 is 5.32 Å².